The van der Waals surface area contributed by atoms with Gasteiger partial charge < -0.3 is 10.5 Å². The molecule has 0 saturated heterocycles. The lowest BCUT2D eigenvalue weighted by Crippen LogP contribution is -2.38. The topological polar surface area (TPSA) is 95.5 Å². The molecule has 0 aliphatic heterocycles. The first kappa shape index (κ1) is 14.9. The van der Waals surface area contributed by atoms with Crippen molar-refractivity contribution in [2.75, 3.05) is 0 Å². The van der Waals surface area contributed by atoms with Crippen molar-refractivity contribution in [3.63, 3.8) is 0 Å². The van der Waals surface area contributed by atoms with Crippen molar-refractivity contribution in [1.29, 1.82) is 0 Å². The number of hydrogen-bond donors (Lipinski definition) is 1. The third-order valence-electron chi connectivity index (χ3n) is 3.24. The normalized spacial score (nSPS) is 12.8. The highest BCUT2D eigenvalue weighted by Crippen LogP contribution is 2.25. The van der Waals surface area contributed by atoms with E-state index in [9.17, 15) is 14.9 Å². The third-order valence-corrected chi connectivity index (χ3v) is 3.24. The van der Waals surface area contributed by atoms with Crippen molar-refractivity contribution in [2.45, 2.75) is 32.8 Å². The molecule has 2 N–H and O–H groups in total. The predicted octanol–water partition coefficient (Wildman–Crippen LogP) is 2.65. The number of carbonyl (C=O) groups excluding carboxylic acids is 1. The van der Waals surface area contributed by atoms with Gasteiger partial charge >= 0.3 is 6.09 Å². The Labute approximate surface area is 111 Å². The molecule has 0 bridgehead atoms. The number of carbonyl (C=O) groups is 1. The molecule has 0 radical (unpaired) electrons. The molecule has 1 amide bonds. The first-order chi connectivity index (χ1) is 8.72. The van der Waals surface area contributed by atoms with Gasteiger partial charge in [0.05, 0.1) is 4.92 Å². The summed E-state index contributed by atoms with van der Waals surface area (Å²) in [6, 6.07) is 6.33. The van der Waals surface area contributed by atoms with Crippen LogP contribution in [0.25, 0.3) is 0 Å². The summed E-state index contributed by atoms with van der Waals surface area (Å²) in [6.07, 6.45) is -0.168. The Morgan fingerprint density at radius 1 is 1.42 bits per heavy atom. The van der Waals surface area contributed by atoms with Crippen LogP contribution in [0, 0.1) is 16.0 Å². The molecule has 1 aromatic carbocycles. The monoisotopic (exact) mass is 266 g/mol. The lowest BCUT2D eigenvalue weighted by Gasteiger charge is -2.30. The standard InChI is InChI=1S/C13H18N2O4/c1-9(13(2,3)19-12(14)16)8-10-4-6-11(7-5-10)15(17)18/h4-7,9H,8H2,1-3H3,(H2,14,16). The van der Waals surface area contributed by atoms with E-state index in [0.29, 0.717) is 6.42 Å². The molecular formula is C13H18N2O4. The first-order valence-electron chi connectivity index (χ1n) is 5.94. The van der Waals surface area contributed by atoms with Crippen molar-refractivity contribution in [3.8, 4) is 0 Å². The van der Waals surface area contributed by atoms with E-state index in [1.54, 1.807) is 26.0 Å². The Balaban J connectivity index is 2.73. The fraction of sp³-hybridized carbons (Fsp3) is 0.462. The molecule has 6 nitrogen and oxygen atoms in total. The quantitative estimate of drug-likeness (QED) is 0.654. The van der Waals surface area contributed by atoms with E-state index in [2.05, 4.69) is 0 Å². The minimum atomic E-state index is -0.805. The summed E-state index contributed by atoms with van der Waals surface area (Å²) in [7, 11) is 0. The summed E-state index contributed by atoms with van der Waals surface area (Å²) in [5.74, 6) is 0.0291. The largest absolute Gasteiger partial charge is 0.443 e. The SMILES string of the molecule is CC(Cc1ccc([N+](=O)[O-])cc1)C(C)(C)OC(N)=O. The van der Waals surface area contributed by atoms with E-state index in [-0.39, 0.29) is 11.6 Å². The van der Waals surface area contributed by atoms with E-state index in [1.807, 2.05) is 6.92 Å². The number of ether oxygens (including phenoxy) is 1. The minimum absolute atomic E-state index is 0.0291. The van der Waals surface area contributed by atoms with Crippen LogP contribution in [0.2, 0.25) is 0 Å². The maximum atomic E-state index is 10.8. The molecule has 0 saturated carbocycles. The van der Waals surface area contributed by atoms with Gasteiger partial charge in [-0.25, -0.2) is 4.79 Å². The summed E-state index contributed by atoms with van der Waals surface area (Å²) in [6.45, 7) is 5.51. The Morgan fingerprint density at radius 3 is 2.37 bits per heavy atom. The number of nitrogens with zero attached hydrogens (tertiary/aromatic N) is 1. The van der Waals surface area contributed by atoms with Gasteiger partial charge in [0.25, 0.3) is 5.69 Å². The summed E-state index contributed by atoms with van der Waals surface area (Å²) >= 11 is 0. The molecule has 0 aliphatic carbocycles. The maximum Gasteiger partial charge on any atom is 0.405 e. The molecule has 1 aromatic rings. The Morgan fingerprint density at radius 2 is 1.95 bits per heavy atom. The molecule has 0 fully saturated rings. The van der Waals surface area contributed by atoms with Gasteiger partial charge in [-0.1, -0.05) is 19.1 Å². The zero-order chi connectivity index (χ0) is 14.6. The van der Waals surface area contributed by atoms with E-state index in [0.717, 1.165) is 5.56 Å². The number of nitro benzene ring substituents is 1. The van der Waals surface area contributed by atoms with Crippen molar-refractivity contribution in [1.82, 2.24) is 0 Å². The van der Waals surface area contributed by atoms with Crippen molar-refractivity contribution < 1.29 is 14.5 Å². The van der Waals surface area contributed by atoms with Gasteiger partial charge in [0.15, 0.2) is 0 Å². The van der Waals surface area contributed by atoms with Crippen molar-refractivity contribution >= 4 is 11.8 Å². The molecule has 104 valence electrons. The van der Waals surface area contributed by atoms with Gasteiger partial charge in [-0.15, -0.1) is 0 Å². The van der Waals surface area contributed by atoms with Gasteiger partial charge in [-0.05, 0) is 31.7 Å². The molecule has 0 aliphatic rings. The van der Waals surface area contributed by atoms with Gasteiger partial charge in [-0.2, -0.15) is 0 Å². The number of hydrogen-bond acceptors (Lipinski definition) is 4. The van der Waals surface area contributed by atoms with Gasteiger partial charge in [-0.3, -0.25) is 10.1 Å². The molecular weight excluding hydrogens is 248 g/mol. The second-order valence-electron chi connectivity index (χ2n) is 5.05. The maximum absolute atomic E-state index is 10.8. The molecule has 0 aromatic heterocycles. The van der Waals surface area contributed by atoms with Gasteiger partial charge in [0.1, 0.15) is 5.60 Å². The number of rotatable bonds is 5. The molecule has 1 rings (SSSR count). The molecule has 0 spiro atoms. The average molecular weight is 266 g/mol. The fourth-order valence-electron chi connectivity index (χ4n) is 1.71. The second kappa shape index (κ2) is 5.69. The van der Waals surface area contributed by atoms with Crippen LogP contribution in [-0.2, 0) is 11.2 Å². The fourth-order valence-corrected chi connectivity index (χ4v) is 1.71. The predicted molar refractivity (Wildman–Crippen MR) is 70.7 cm³/mol. The smallest absolute Gasteiger partial charge is 0.405 e. The zero-order valence-corrected chi connectivity index (χ0v) is 11.3. The highest BCUT2D eigenvalue weighted by Gasteiger charge is 2.29. The molecule has 1 atom stereocenters. The van der Waals surface area contributed by atoms with Gasteiger partial charge in [0.2, 0.25) is 0 Å². The Bertz CT molecular complexity index is 468. The van der Waals surface area contributed by atoms with Crippen LogP contribution in [0.5, 0.6) is 0 Å². The minimum Gasteiger partial charge on any atom is -0.443 e. The molecule has 1 unspecified atom stereocenters. The van der Waals surface area contributed by atoms with E-state index < -0.39 is 16.6 Å². The summed E-state index contributed by atoms with van der Waals surface area (Å²) in [5.41, 5.74) is 5.34. The van der Waals surface area contributed by atoms with Crippen molar-refractivity contribution in [2.24, 2.45) is 11.7 Å². The zero-order valence-electron chi connectivity index (χ0n) is 11.3. The molecule has 19 heavy (non-hydrogen) atoms. The summed E-state index contributed by atoms with van der Waals surface area (Å²) in [4.78, 5) is 20.9. The number of amides is 1. The summed E-state index contributed by atoms with van der Waals surface area (Å²) in [5, 5.41) is 10.5. The molecule has 6 heteroatoms. The van der Waals surface area contributed by atoms with Crippen LogP contribution in [0.3, 0.4) is 0 Å². The van der Waals surface area contributed by atoms with Crippen molar-refractivity contribution in [3.05, 3.63) is 39.9 Å². The highest BCUT2D eigenvalue weighted by atomic mass is 16.6. The lowest BCUT2D eigenvalue weighted by atomic mass is 9.87. The molecule has 0 heterocycles. The van der Waals surface area contributed by atoms with Crippen LogP contribution in [0.15, 0.2) is 24.3 Å². The van der Waals surface area contributed by atoms with E-state index >= 15 is 0 Å². The third kappa shape index (κ3) is 4.24. The Hall–Kier alpha value is -2.11. The van der Waals surface area contributed by atoms with Crippen LogP contribution in [0.4, 0.5) is 10.5 Å². The average Bonchev–Trinajstić information content (AvgIpc) is 2.27. The van der Waals surface area contributed by atoms with Crippen LogP contribution >= 0.6 is 0 Å². The Kier molecular flexibility index (Phi) is 4.47. The van der Waals surface area contributed by atoms with E-state index in [4.69, 9.17) is 10.5 Å². The first-order valence-corrected chi connectivity index (χ1v) is 5.94. The number of nitro groups is 1. The number of non-ortho nitro benzene ring substituents is 1. The van der Waals surface area contributed by atoms with Crippen LogP contribution in [-0.4, -0.2) is 16.6 Å². The van der Waals surface area contributed by atoms with Crippen LogP contribution in [0.1, 0.15) is 26.3 Å². The van der Waals surface area contributed by atoms with Gasteiger partial charge in [0, 0.05) is 12.1 Å². The van der Waals surface area contributed by atoms with E-state index in [1.165, 1.54) is 12.1 Å². The lowest BCUT2D eigenvalue weighted by molar-refractivity contribution is -0.384. The highest BCUT2D eigenvalue weighted by molar-refractivity contribution is 5.65. The number of nitrogens with two attached hydrogens (primary N) is 1. The van der Waals surface area contributed by atoms with Crippen LogP contribution < -0.4 is 5.73 Å². The summed E-state index contributed by atoms with van der Waals surface area (Å²) < 4.78 is 5.06. The second-order valence-corrected chi connectivity index (χ2v) is 5.05. The number of benzene rings is 1. The number of primary amides is 1.